The Morgan fingerprint density at radius 2 is 2.08 bits per heavy atom. The van der Waals surface area contributed by atoms with Gasteiger partial charge in [-0.15, -0.1) is 0 Å². The molecule has 1 aromatic heterocycles. The number of rotatable bonds is 9. The Labute approximate surface area is 149 Å². The molecule has 0 bridgehead atoms. The van der Waals surface area contributed by atoms with E-state index in [1.165, 1.54) is 0 Å². The van der Waals surface area contributed by atoms with Crippen molar-refractivity contribution in [1.82, 2.24) is 15.0 Å². The number of aliphatic hydroxyl groups is 1. The fourth-order valence-electron chi connectivity index (χ4n) is 2.12. The van der Waals surface area contributed by atoms with Crippen molar-refractivity contribution in [2.45, 2.75) is 39.8 Å². The maximum atomic E-state index is 9.82. The highest BCUT2D eigenvalue weighted by atomic mass is 16.5. The zero-order valence-electron chi connectivity index (χ0n) is 15.4. The van der Waals surface area contributed by atoms with Gasteiger partial charge < -0.3 is 20.1 Å². The second-order valence-corrected chi connectivity index (χ2v) is 5.98. The van der Waals surface area contributed by atoms with Crippen molar-refractivity contribution in [2.24, 2.45) is 0 Å². The fraction of sp³-hybridized carbons (Fsp3) is 0.500. The minimum absolute atomic E-state index is 0.328. The van der Waals surface area contributed by atoms with Gasteiger partial charge in [0.15, 0.2) is 5.82 Å². The highest BCUT2D eigenvalue weighted by Gasteiger charge is 2.14. The fourth-order valence-corrected chi connectivity index (χ4v) is 2.12. The van der Waals surface area contributed by atoms with E-state index in [-0.39, 0.29) is 0 Å². The minimum atomic E-state index is -0.707. The number of hydrogen-bond acceptors (Lipinski definition) is 7. The van der Waals surface area contributed by atoms with Gasteiger partial charge in [-0.2, -0.15) is 15.0 Å². The molecule has 2 rings (SSSR count). The molecule has 1 atom stereocenters. The smallest absolute Gasteiger partial charge is 0.232 e. The number of aromatic nitrogens is 3. The van der Waals surface area contributed by atoms with Gasteiger partial charge in [0, 0.05) is 19.2 Å². The summed E-state index contributed by atoms with van der Waals surface area (Å²) < 4.78 is 5.52. The zero-order valence-corrected chi connectivity index (χ0v) is 15.4. The number of aliphatic hydroxyl groups excluding tert-OH is 1. The van der Waals surface area contributed by atoms with Crippen molar-refractivity contribution in [3.63, 3.8) is 0 Å². The molecule has 0 fully saturated rings. The van der Waals surface area contributed by atoms with Gasteiger partial charge in [-0.3, -0.25) is 0 Å². The first-order valence-corrected chi connectivity index (χ1v) is 8.57. The van der Waals surface area contributed by atoms with E-state index in [0.29, 0.717) is 31.1 Å². The van der Waals surface area contributed by atoms with E-state index in [1.807, 2.05) is 31.2 Å². The monoisotopic (exact) mass is 345 g/mol. The third-order valence-electron chi connectivity index (χ3n) is 3.75. The first kappa shape index (κ1) is 19.1. The molecule has 2 aromatic rings. The van der Waals surface area contributed by atoms with Gasteiger partial charge in [0.25, 0.3) is 0 Å². The lowest BCUT2D eigenvalue weighted by atomic mass is 10.1. The van der Waals surface area contributed by atoms with Crippen LogP contribution in [-0.2, 0) is 4.74 Å². The summed E-state index contributed by atoms with van der Waals surface area (Å²) in [5, 5.41) is 12.9. The third kappa shape index (κ3) is 5.65. The summed E-state index contributed by atoms with van der Waals surface area (Å²) in [4.78, 5) is 14.9. The second kappa shape index (κ2) is 9.29. The van der Waals surface area contributed by atoms with E-state index in [9.17, 15) is 5.11 Å². The average Bonchev–Trinajstić information content (AvgIpc) is 2.60. The number of aryl methyl sites for hydroxylation is 1. The molecule has 0 radical (unpaired) electrons. The van der Waals surface area contributed by atoms with Crippen molar-refractivity contribution in [3.05, 3.63) is 29.8 Å². The first-order chi connectivity index (χ1) is 12.0. The van der Waals surface area contributed by atoms with Crippen molar-refractivity contribution < 1.29 is 9.84 Å². The maximum absolute atomic E-state index is 9.82. The lowest BCUT2D eigenvalue weighted by molar-refractivity contribution is 0.148. The Hall–Kier alpha value is -2.25. The summed E-state index contributed by atoms with van der Waals surface area (Å²) in [7, 11) is 1.74. The van der Waals surface area contributed by atoms with Crippen LogP contribution in [0, 0.1) is 6.92 Å². The standard InChI is InChI=1S/C18H27N5O2/c1-5-6-10-25-12-19-17-20-16(15-9-7-8-13(2)11-15)21-18(22-17)23(4)14(3)24/h7-9,11,14,24H,5-6,10,12H2,1-4H3,(H,19,20,21,22). The summed E-state index contributed by atoms with van der Waals surface area (Å²) in [6.45, 7) is 6.83. The topological polar surface area (TPSA) is 83.4 Å². The normalized spacial score (nSPS) is 12.0. The SMILES string of the molecule is CCCCOCNc1nc(-c2cccc(C)c2)nc(N(C)C(C)O)n1. The molecule has 0 spiro atoms. The Kier molecular flexibility index (Phi) is 7.09. The third-order valence-corrected chi connectivity index (χ3v) is 3.75. The van der Waals surface area contributed by atoms with Crippen molar-refractivity contribution in [3.8, 4) is 11.4 Å². The van der Waals surface area contributed by atoms with E-state index < -0.39 is 6.23 Å². The maximum Gasteiger partial charge on any atom is 0.232 e. The largest absolute Gasteiger partial charge is 0.374 e. The molecule has 25 heavy (non-hydrogen) atoms. The van der Waals surface area contributed by atoms with Gasteiger partial charge >= 0.3 is 0 Å². The summed E-state index contributed by atoms with van der Waals surface area (Å²) in [6, 6.07) is 7.96. The highest BCUT2D eigenvalue weighted by molar-refractivity contribution is 5.59. The van der Waals surface area contributed by atoms with Gasteiger partial charge in [0.05, 0.1) is 0 Å². The van der Waals surface area contributed by atoms with Crippen LogP contribution in [0.3, 0.4) is 0 Å². The molecule has 136 valence electrons. The van der Waals surface area contributed by atoms with Gasteiger partial charge in [0.1, 0.15) is 13.0 Å². The number of nitrogens with one attached hydrogen (secondary N) is 1. The molecule has 0 aliphatic carbocycles. The number of hydrogen-bond donors (Lipinski definition) is 2. The lowest BCUT2D eigenvalue weighted by Crippen LogP contribution is -2.30. The predicted octanol–water partition coefficient (Wildman–Crippen LogP) is 2.81. The van der Waals surface area contributed by atoms with Crippen LogP contribution in [0.1, 0.15) is 32.3 Å². The molecule has 0 amide bonds. The van der Waals surface area contributed by atoms with Crippen molar-refractivity contribution in [1.29, 1.82) is 0 Å². The molecular weight excluding hydrogens is 318 g/mol. The van der Waals surface area contributed by atoms with Crippen LogP contribution in [0.25, 0.3) is 11.4 Å². The molecule has 1 heterocycles. The number of benzene rings is 1. The van der Waals surface area contributed by atoms with Crippen LogP contribution in [0.5, 0.6) is 0 Å². The van der Waals surface area contributed by atoms with Gasteiger partial charge in [-0.25, -0.2) is 0 Å². The molecular formula is C18H27N5O2. The van der Waals surface area contributed by atoms with Gasteiger partial charge in [-0.05, 0) is 26.3 Å². The quantitative estimate of drug-likeness (QED) is 0.534. The van der Waals surface area contributed by atoms with Crippen LogP contribution in [0.2, 0.25) is 0 Å². The van der Waals surface area contributed by atoms with E-state index in [2.05, 4.69) is 27.2 Å². The lowest BCUT2D eigenvalue weighted by Gasteiger charge is -2.21. The zero-order chi connectivity index (χ0) is 18.2. The molecule has 7 nitrogen and oxygen atoms in total. The molecule has 2 N–H and O–H groups in total. The number of unbranched alkanes of at least 4 members (excludes halogenated alkanes) is 1. The van der Waals surface area contributed by atoms with Crippen molar-refractivity contribution in [2.75, 3.05) is 30.6 Å². The molecule has 1 unspecified atom stereocenters. The molecule has 0 saturated carbocycles. The Bertz CT molecular complexity index is 678. The number of nitrogens with zero attached hydrogens (tertiary/aromatic N) is 4. The summed E-state index contributed by atoms with van der Waals surface area (Å²) in [5.41, 5.74) is 2.03. The Morgan fingerprint density at radius 1 is 1.28 bits per heavy atom. The Balaban J connectivity index is 2.25. The van der Waals surface area contributed by atoms with Crippen LogP contribution < -0.4 is 10.2 Å². The van der Waals surface area contributed by atoms with E-state index in [4.69, 9.17) is 4.74 Å². The van der Waals surface area contributed by atoms with E-state index in [1.54, 1.807) is 18.9 Å². The summed E-state index contributed by atoms with van der Waals surface area (Å²) in [5.74, 6) is 1.38. The molecule has 7 heteroatoms. The molecule has 1 aromatic carbocycles. The molecule has 0 saturated heterocycles. The van der Waals surface area contributed by atoms with Crippen LogP contribution in [0.4, 0.5) is 11.9 Å². The van der Waals surface area contributed by atoms with E-state index >= 15 is 0 Å². The second-order valence-electron chi connectivity index (χ2n) is 5.98. The van der Waals surface area contributed by atoms with Crippen molar-refractivity contribution >= 4 is 11.9 Å². The van der Waals surface area contributed by atoms with Crippen LogP contribution in [-0.4, -0.2) is 46.7 Å². The van der Waals surface area contributed by atoms with Crippen LogP contribution >= 0.6 is 0 Å². The Morgan fingerprint density at radius 3 is 2.76 bits per heavy atom. The number of ether oxygens (including phenoxy) is 1. The summed E-state index contributed by atoms with van der Waals surface area (Å²) >= 11 is 0. The predicted molar refractivity (Wildman–Crippen MR) is 99.4 cm³/mol. The molecule has 0 aliphatic heterocycles. The first-order valence-electron chi connectivity index (χ1n) is 8.57. The van der Waals surface area contributed by atoms with E-state index in [0.717, 1.165) is 24.0 Å². The van der Waals surface area contributed by atoms with Gasteiger partial charge in [0.2, 0.25) is 11.9 Å². The minimum Gasteiger partial charge on any atom is -0.374 e. The highest BCUT2D eigenvalue weighted by Crippen LogP contribution is 2.20. The summed E-state index contributed by atoms with van der Waals surface area (Å²) in [6.07, 6.45) is 1.40. The van der Waals surface area contributed by atoms with Gasteiger partial charge in [-0.1, -0.05) is 37.1 Å². The average molecular weight is 345 g/mol. The number of anilines is 2. The molecule has 0 aliphatic rings. The van der Waals surface area contributed by atoms with Crippen LogP contribution in [0.15, 0.2) is 24.3 Å².